The van der Waals surface area contributed by atoms with Crippen LogP contribution >= 0.6 is 0 Å². The molecule has 0 aliphatic carbocycles. The first-order chi connectivity index (χ1) is 11.2. The molecule has 0 saturated carbocycles. The Hall–Kier alpha value is -2.95. The minimum atomic E-state index is -0.247. The third-order valence-electron chi connectivity index (χ3n) is 3.98. The first-order valence-corrected chi connectivity index (χ1v) is 7.41. The van der Waals surface area contributed by atoms with Crippen LogP contribution in [0.15, 0.2) is 60.9 Å². The SMILES string of the molecule is Cc1ccc([C@H]2C=C(c3ccc(F)cc3)Nc3ncnn32)cc1. The van der Waals surface area contributed by atoms with Crippen LogP contribution in [0.2, 0.25) is 0 Å². The predicted molar refractivity (Wildman–Crippen MR) is 87.3 cm³/mol. The Balaban J connectivity index is 1.79. The van der Waals surface area contributed by atoms with E-state index in [0.717, 1.165) is 16.8 Å². The molecule has 1 aliphatic heterocycles. The van der Waals surface area contributed by atoms with Gasteiger partial charge in [-0.3, -0.25) is 0 Å². The van der Waals surface area contributed by atoms with Crippen molar-refractivity contribution in [2.24, 2.45) is 0 Å². The molecule has 1 aliphatic rings. The lowest BCUT2D eigenvalue weighted by molar-refractivity contribution is 0.611. The fourth-order valence-electron chi connectivity index (χ4n) is 2.73. The minimum Gasteiger partial charge on any atom is -0.324 e. The fourth-order valence-corrected chi connectivity index (χ4v) is 2.73. The Morgan fingerprint density at radius 1 is 1.04 bits per heavy atom. The highest BCUT2D eigenvalue weighted by molar-refractivity contribution is 5.77. The molecule has 3 aromatic rings. The number of halogens is 1. The van der Waals surface area contributed by atoms with Gasteiger partial charge in [-0.1, -0.05) is 29.8 Å². The summed E-state index contributed by atoms with van der Waals surface area (Å²) in [5, 5.41) is 7.57. The van der Waals surface area contributed by atoms with Gasteiger partial charge in [-0.15, -0.1) is 0 Å². The first-order valence-electron chi connectivity index (χ1n) is 7.41. The van der Waals surface area contributed by atoms with E-state index in [-0.39, 0.29) is 11.9 Å². The number of anilines is 1. The van der Waals surface area contributed by atoms with Crippen molar-refractivity contribution in [3.05, 3.63) is 83.4 Å². The third kappa shape index (κ3) is 2.50. The molecule has 0 unspecified atom stereocenters. The predicted octanol–water partition coefficient (Wildman–Crippen LogP) is 3.78. The monoisotopic (exact) mass is 306 g/mol. The van der Waals surface area contributed by atoms with E-state index in [1.54, 1.807) is 12.1 Å². The summed E-state index contributed by atoms with van der Waals surface area (Å²) in [6.45, 7) is 2.06. The average molecular weight is 306 g/mol. The molecule has 0 spiro atoms. The molecule has 0 radical (unpaired) electrons. The van der Waals surface area contributed by atoms with E-state index in [9.17, 15) is 4.39 Å². The standard InChI is InChI=1S/C18H15FN4/c1-12-2-4-14(5-3-12)17-10-16(13-6-8-15(19)9-7-13)22-18-20-11-21-23(17)18/h2-11,17H,1H3,(H,20,21,22)/t17-/m1/s1. The van der Waals surface area contributed by atoms with Crippen LogP contribution in [0.5, 0.6) is 0 Å². The van der Waals surface area contributed by atoms with Gasteiger partial charge in [0.05, 0.1) is 0 Å². The number of fused-ring (bicyclic) bond motifs is 1. The number of hydrogen-bond donors (Lipinski definition) is 1. The van der Waals surface area contributed by atoms with Gasteiger partial charge >= 0.3 is 0 Å². The van der Waals surface area contributed by atoms with Gasteiger partial charge in [-0.25, -0.2) is 9.07 Å². The summed E-state index contributed by atoms with van der Waals surface area (Å²) >= 11 is 0. The van der Waals surface area contributed by atoms with Crippen molar-refractivity contribution < 1.29 is 4.39 Å². The zero-order chi connectivity index (χ0) is 15.8. The van der Waals surface area contributed by atoms with Crippen LogP contribution in [0, 0.1) is 12.7 Å². The van der Waals surface area contributed by atoms with E-state index in [1.165, 1.54) is 24.0 Å². The van der Waals surface area contributed by atoms with E-state index in [4.69, 9.17) is 0 Å². The zero-order valence-electron chi connectivity index (χ0n) is 12.6. The van der Waals surface area contributed by atoms with Crippen LogP contribution in [-0.4, -0.2) is 14.8 Å². The summed E-state index contributed by atoms with van der Waals surface area (Å²) in [5.74, 6) is 0.431. The Morgan fingerprint density at radius 3 is 2.52 bits per heavy atom. The molecule has 2 aromatic carbocycles. The molecule has 1 atom stereocenters. The number of hydrogen-bond acceptors (Lipinski definition) is 3. The second-order valence-electron chi connectivity index (χ2n) is 5.60. The molecule has 1 aromatic heterocycles. The van der Waals surface area contributed by atoms with Crippen LogP contribution in [0.1, 0.15) is 22.7 Å². The van der Waals surface area contributed by atoms with E-state index in [2.05, 4.69) is 52.7 Å². The van der Waals surface area contributed by atoms with Crippen LogP contribution in [-0.2, 0) is 0 Å². The molecule has 0 saturated heterocycles. The van der Waals surface area contributed by atoms with Gasteiger partial charge in [0.25, 0.3) is 0 Å². The topological polar surface area (TPSA) is 42.7 Å². The molecular formula is C18H15FN4. The average Bonchev–Trinajstić information content (AvgIpc) is 3.04. The first kappa shape index (κ1) is 13.7. The van der Waals surface area contributed by atoms with Gasteiger partial charge in [0, 0.05) is 5.70 Å². The highest BCUT2D eigenvalue weighted by Crippen LogP contribution is 2.31. The van der Waals surface area contributed by atoms with Crippen molar-refractivity contribution in [3.8, 4) is 0 Å². The maximum absolute atomic E-state index is 13.2. The second-order valence-corrected chi connectivity index (χ2v) is 5.60. The Bertz CT molecular complexity index is 863. The molecule has 1 N–H and O–H groups in total. The van der Waals surface area contributed by atoms with Crippen molar-refractivity contribution >= 4 is 11.6 Å². The molecule has 0 fully saturated rings. The maximum Gasteiger partial charge on any atom is 0.226 e. The van der Waals surface area contributed by atoms with Gasteiger partial charge in [0.1, 0.15) is 18.2 Å². The highest BCUT2D eigenvalue weighted by Gasteiger charge is 2.23. The van der Waals surface area contributed by atoms with Crippen LogP contribution in [0.4, 0.5) is 10.3 Å². The summed E-state index contributed by atoms with van der Waals surface area (Å²) in [7, 11) is 0. The summed E-state index contributed by atoms with van der Waals surface area (Å²) in [6, 6.07) is 14.7. The van der Waals surface area contributed by atoms with Crippen molar-refractivity contribution in [1.29, 1.82) is 0 Å². The van der Waals surface area contributed by atoms with Gasteiger partial charge in [-0.05, 0) is 48.4 Å². The van der Waals surface area contributed by atoms with Gasteiger partial charge in [0.2, 0.25) is 5.95 Å². The number of aromatic nitrogens is 3. The summed E-state index contributed by atoms with van der Waals surface area (Å²) in [4.78, 5) is 4.27. The molecule has 4 nitrogen and oxygen atoms in total. The molecule has 2 heterocycles. The molecule has 0 bridgehead atoms. The highest BCUT2D eigenvalue weighted by atomic mass is 19.1. The van der Waals surface area contributed by atoms with E-state index >= 15 is 0 Å². The number of nitrogens with zero attached hydrogens (tertiary/aromatic N) is 3. The lowest BCUT2D eigenvalue weighted by Gasteiger charge is -2.24. The van der Waals surface area contributed by atoms with Crippen LogP contribution in [0.25, 0.3) is 5.70 Å². The van der Waals surface area contributed by atoms with E-state index in [0.29, 0.717) is 5.95 Å². The summed E-state index contributed by atoms with van der Waals surface area (Å²) in [5.41, 5.74) is 4.15. The summed E-state index contributed by atoms with van der Waals surface area (Å²) < 4.78 is 15.0. The molecular weight excluding hydrogens is 291 g/mol. The van der Waals surface area contributed by atoms with Crippen LogP contribution < -0.4 is 5.32 Å². The van der Waals surface area contributed by atoms with E-state index in [1.807, 2.05) is 4.68 Å². The lowest BCUT2D eigenvalue weighted by atomic mass is 10.0. The van der Waals surface area contributed by atoms with Gasteiger partial charge in [0.15, 0.2) is 0 Å². The molecule has 5 heteroatoms. The minimum absolute atomic E-state index is 0.0468. The molecule has 23 heavy (non-hydrogen) atoms. The summed E-state index contributed by atoms with van der Waals surface area (Å²) in [6.07, 6.45) is 3.62. The number of nitrogens with one attached hydrogen (secondary N) is 1. The number of benzene rings is 2. The maximum atomic E-state index is 13.2. The largest absolute Gasteiger partial charge is 0.324 e. The van der Waals surface area contributed by atoms with Gasteiger partial charge < -0.3 is 5.32 Å². The number of allylic oxidation sites excluding steroid dienone is 1. The van der Waals surface area contributed by atoms with Crippen molar-refractivity contribution in [1.82, 2.24) is 14.8 Å². The Kier molecular flexibility index (Phi) is 3.19. The molecule has 0 amide bonds. The number of rotatable bonds is 2. The van der Waals surface area contributed by atoms with Crippen molar-refractivity contribution in [3.63, 3.8) is 0 Å². The fraction of sp³-hybridized carbons (Fsp3) is 0.111. The van der Waals surface area contributed by atoms with Crippen LogP contribution in [0.3, 0.4) is 0 Å². The third-order valence-corrected chi connectivity index (χ3v) is 3.98. The molecule has 4 rings (SSSR count). The quantitative estimate of drug-likeness (QED) is 0.783. The second kappa shape index (κ2) is 5.35. The Labute approximate surface area is 133 Å². The van der Waals surface area contributed by atoms with Crippen molar-refractivity contribution in [2.75, 3.05) is 5.32 Å². The normalized spacial score (nSPS) is 16.4. The zero-order valence-corrected chi connectivity index (χ0v) is 12.6. The smallest absolute Gasteiger partial charge is 0.226 e. The Morgan fingerprint density at radius 2 is 1.78 bits per heavy atom. The van der Waals surface area contributed by atoms with Crippen molar-refractivity contribution in [2.45, 2.75) is 13.0 Å². The lowest BCUT2D eigenvalue weighted by Crippen LogP contribution is -2.20. The number of aryl methyl sites for hydroxylation is 1. The molecule has 114 valence electrons. The van der Waals surface area contributed by atoms with E-state index < -0.39 is 0 Å². The van der Waals surface area contributed by atoms with Gasteiger partial charge in [-0.2, -0.15) is 10.1 Å².